The van der Waals surface area contributed by atoms with Crippen LogP contribution >= 0.6 is 0 Å². The second kappa shape index (κ2) is 6.02. The first kappa shape index (κ1) is 14.5. The van der Waals surface area contributed by atoms with Crippen molar-refractivity contribution >= 4 is 11.9 Å². The minimum absolute atomic E-state index is 0.0512. The van der Waals surface area contributed by atoms with Crippen LogP contribution in [-0.2, 0) is 16.1 Å². The molecule has 20 heavy (non-hydrogen) atoms. The van der Waals surface area contributed by atoms with E-state index in [-0.39, 0.29) is 18.9 Å². The maximum Gasteiger partial charge on any atom is 0.326 e. The number of benzene rings is 1. The van der Waals surface area contributed by atoms with Gasteiger partial charge in [0.25, 0.3) is 5.91 Å². The number of carbonyl (C=O) groups excluding carboxylic acids is 1. The van der Waals surface area contributed by atoms with Gasteiger partial charge in [-0.1, -0.05) is 12.1 Å². The van der Waals surface area contributed by atoms with Gasteiger partial charge in [0.15, 0.2) is 0 Å². The summed E-state index contributed by atoms with van der Waals surface area (Å²) in [6.07, 6.45) is -0.712. The van der Waals surface area contributed by atoms with Gasteiger partial charge in [0, 0.05) is 25.6 Å². The molecule has 0 bridgehead atoms. The molecule has 6 nitrogen and oxygen atoms in total. The van der Waals surface area contributed by atoms with Crippen LogP contribution in [0.15, 0.2) is 24.3 Å². The van der Waals surface area contributed by atoms with Crippen LogP contribution in [0, 0.1) is 0 Å². The second-order valence-corrected chi connectivity index (χ2v) is 4.83. The molecule has 0 aromatic heterocycles. The fourth-order valence-electron chi connectivity index (χ4n) is 2.35. The number of likely N-dealkylation sites (tertiary alicyclic amines) is 1. The number of rotatable bonds is 4. The number of carboxylic acid groups (broad SMARTS) is 1. The Kier molecular flexibility index (Phi) is 4.36. The Balaban J connectivity index is 2.15. The van der Waals surface area contributed by atoms with Gasteiger partial charge in [0.05, 0.1) is 12.7 Å². The summed E-state index contributed by atoms with van der Waals surface area (Å²) < 4.78 is 4.98. The molecule has 0 spiro atoms. The lowest BCUT2D eigenvalue weighted by molar-refractivity contribution is -0.141. The fraction of sp³-hybridized carbons (Fsp3) is 0.429. The van der Waals surface area contributed by atoms with E-state index in [9.17, 15) is 14.7 Å². The first-order valence-electron chi connectivity index (χ1n) is 6.32. The van der Waals surface area contributed by atoms with Crippen molar-refractivity contribution in [1.29, 1.82) is 0 Å². The Labute approximate surface area is 116 Å². The first-order valence-corrected chi connectivity index (χ1v) is 6.32. The van der Waals surface area contributed by atoms with Gasteiger partial charge in [-0.2, -0.15) is 0 Å². The number of ether oxygens (including phenoxy) is 1. The number of β-amino-alcohol motifs (C(OH)–C–C–N with tert-alkyl or cyclic N) is 1. The van der Waals surface area contributed by atoms with Crippen LogP contribution in [0.25, 0.3) is 0 Å². The molecular formula is C14H17NO5. The molecule has 0 radical (unpaired) electrons. The van der Waals surface area contributed by atoms with E-state index in [1.807, 2.05) is 0 Å². The van der Waals surface area contributed by atoms with E-state index in [2.05, 4.69) is 0 Å². The van der Waals surface area contributed by atoms with E-state index in [0.29, 0.717) is 12.2 Å². The number of methoxy groups -OCH3 is 1. The van der Waals surface area contributed by atoms with E-state index < -0.39 is 18.1 Å². The third-order valence-corrected chi connectivity index (χ3v) is 3.34. The highest BCUT2D eigenvalue weighted by Gasteiger charge is 2.39. The lowest BCUT2D eigenvalue weighted by Gasteiger charge is -2.21. The summed E-state index contributed by atoms with van der Waals surface area (Å²) in [4.78, 5) is 24.6. The number of hydrogen-bond acceptors (Lipinski definition) is 4. The fourth-order valence-corrected chi connectivity index (χ4v) is 2.35. The third-order valence-electron chi connectivity index (χ3n) is 3.34. The standard InChI is InChI=1S/C14H17NO5/c1-20-8-9-2-4-10(5-3-9)13(17)15-7-11(16)6-12(15)14(18)19/h2-5,11-12,16H,6-8H2,1H3,(H,18,19)/t11-,12-/m0/s1. The van der Waals surface area contributed by atoms with E-state index in [1.54, 1.807) is 31.4 Å². The van der Waals surface area contributed by atoms with E-state index in [4.69, 9.17) is 9.84 Å². The number of aliphatic hydroxyl groups is 1. The van der Waals surface area contributed by atoms with Gasteiger partial charge in [-0.05, 0) is 17.7 Å². The van der Waals surface area contributed by atoms with Crippen molar-refractivity contribution in [2.45, 2.75) is 25.2 Å². The molecule has 6 heteroatoms. The van der Waals surface area contributed by atoms with Crippen molar-refractivity contribution in [3.63, 3.8) is 0 Å². The molecule has 0 saturated carbocycles. The molecule has 2 N–H and O–H groups in total. The van der Waals surface area contributed by atoms with Gasteiger partial charge < -0.3 is 19.8 Å². The first-order chi connectivity index (χ1) is 9.52. The van der Waals surface area contributed by atoms with Gasteiger partial charge in [-0.25, -0.2) is 4.79 Å². The topological polar surface area (TPSA) is 87.1 Å². The van der Waals surface area contributed by atoms with Gasteiger partial charge in [-0.15, -0.1) is 0 Å². The summed E-state index contributed by atoms with van der Waals surface area (Å²) >= 11 is 0. The zero-order chi connectivity index (χ0) is 14.7. The number of hydrogen-bond donors (Lipinski definition) is 2. The highest BCUT2D eigenvalue weighted by atomic mass is 16.5. The SMILES string of the molecule is COCc1ccc(C(=O)N2C[C@@H](O)C[C@H]2C(=O)O)cc1. The van der Waals surface area contributed by atoms with Crippen LogP contribution in [0.3, 0.4) is 0 Å². The molecule has 1 aromatic rings. The Hall–Kier alpha value is -1.92. The van der Waals surface area contributed by atoms with Crippen molar-refractivity contribution < 1.29 is 24.5 Å². The van der Waals surface area contributed by atoms with Crippen LogP contribution in [0.4, 0.5) is 0 Å². The van der Waals surface area contributed by atoms with E-state index in [0.717, 1.165) is 5.56 Å². The van der Waals surface area contributed by atoms with Crippen LogP contribution in [-0.4, -0.2) is 52.8 Å². The van der Waals surface area contributed by atoms with Crippen LogP contribution < -0.4 is 0 Å². The lowest BCUT2D eigenvalue weighted by atomic mass is 10.1. The number of nitrogens with zero attached hydrogens (tertiary/aromatic N) is 1. The molecule has 1 amide bonds. The molecule has 1 fully saturated rings. The van der Waals surface area contributed by atoms with Crippen molar-refractivity contribution in [3.05, 3.63) is 35.4 Å². The Morgan fingerprint density at radius 2 is 2.00 bits per heavy atom. The summed E-state index contributed by atoms with van der Waals surface area (Å²) in [6.45, 7) is 0.504. The third kappa shape index (κ3) is 2.97. The van der Waals surface area contributed by atoms with Gasteiger partial charge in [0.1, 0.15) is 6.04 Å². The van der Waals surface area contributed by atoms with Crippen molar-refractivity contribution in [1.82, 2.24) is 4.90 Å². The Morgan fingerprint density at radius 1 is 1.35 bits per heavy atom. The number of carbonyl (C=O) groups is 2. The molecule has 1 saturated heterocycles. The quantitative estimate of drug-likeness (QED) is 0.837. The average molecular weight is 279 g/mol. The smallest absolute Gasteiger partial charge is 0.326 e. The summed E-state index contributed by atoms with van der Waals surface area (Å²) in [5, 5.41) is 18.6. The highest BCUT2D eigenvalue weighted by molar-refractivity contribution is 5.97. The maximum atomic E-state index is 12.3. The van der Waals surface area contributed by atoms with Crippen LogP contribution in [0.5, 0.6) is 0 Å². The number of aliphatic hydroxyl groups excluding tert-OH is 1. The maximum absolute atomic E-state index is 12.3. The number of carboxylic acids is 1. The van der Waals surface area contributed by atoms with Crippen molar-refractivity contribution in [3.8, 4) is 0 Å². The summed E-state index contributed by atoms with van der Waals surface area (Å²) in [6, 6.07) is 5.84. The second-order valence-electron chi connectivity index (χ2n) is 4.83. The number of amides is 1. The Bertz CT molecular complexity index is 499. The zero-order valence-electron chi connectivity index (χ0n) is 11.2. The Morgan fingerprint density at radius 3 is 2.55 bits per heavy atom. The lowest BCUT2D eigenvalue weighted by Crippen LogP contribution is -2.40. The molecule has 1 aliphatic rings. The molecule has 1 aromatic carbocycles. The minimum Gasteiger partial charge on any atom is -0.480 e. The molecule has 0 aliphatic carbocycles. The predicted molar refractivity (Wildman–Crippen MR) is 70.2 cm³/mol. The van der Waals surface area contributed by atoms with E-state index in [1.165, 1.54) is 4.90 Å². The summed E-state index contributed by atoms with van der Waals surface area (Å²) in [5.41, 5.74) is 1.34. The van der Waals surface area contributed by atoms with Gasteiger partial charge >= 0.3 is 5.97 Å². The number of aliphatic carboxylic acids is 1. The van der Waals surface area contributed by atoms with Gasteiger partial charge in [-0.3, -0.25) is 4.79 Å². The zero-order valence-corrected chi connectivity index (χ0v) is 11.2. The molecule has 1 aliphatic heterocycles. The van der Waals surface area contributed by atoms with Crippen LogP contribution in [0.1, 0.15) is 22.3 Å². The minimum atomic E-state index is -1.09. The molecule has 2 atom stereocenters. The van der Waals surface area contributed by atoms with Crippen molar-refractivity contribution in [2.24, 2.45) is 0 Å². The average Bonchev–Trinajstić information content (AvgIpc) is 2.81. The normalized spacial score (nSPS) is 22.0. The monoisotopic (exact) mass is 279 g/mol. The van der Waals surface area contributed by atoms with Crippen LogP contribution in [0.2, 0.25) is 0 Å². The summed E-state index contributed by atoms with van der Waals surface area (Å²) in [5.74, 6) is -1.47. The highest BCUT2D eigenvalue weighted by Crippen LogP contribution is 2.21. The molecule has 108 valence electrons. The molecule has 2 rings (SSSR count). The molecule has 0 unspecified atom stereocenters. The van der Waals surface area contributed by atoms with E-state index >= 15 is 0 Å². The molecule has 1 heterocycles. The van der Waals surface area contributed by atoms with Gasteiger partial charge in [0.2, 0.25) is 0 Å². The van der Waals surface area contributed by atoms with Crippen molar-refractivity contribution in [2.75, 3.05) is 13.7 Å². The molecular weight excluding hydrogens is 262 g/mol. The predicted octanol–water partition coefficient (Wildman–Crippen LogP) is 0.493. The largest absolute Gasteiger partial charge is 0.480 e. The summed E-state index contributed by atoms with van der Waals surface area (Å²) in [7, 11) is 1.59.